The van der Waals surface area contributed by atoms with Crippen LogP contribution in [-0.2, 0) is 17.9 Å². The van der Waals surface area contributed by atoms with E-state index >= 15 is 4.39 Å². The van der Waals surface area contributed by atoms with Gasteiger partial charge in [-0.05, 0) is 19.2 Å². The zero-order valence-electron chi connectivity index (χ0n) is 24.5. The first-order valence-corrected chi connectivity index (χ1v) is 14.6. The Bertz CT molecular complexity index is 1880. The first-order valence-electron chi connectivity index (χ1n) is 14.6. The summed E-state index contributed by atoms with van der Waals surface area (Å²) in [5.74, 6) is -1.93. The number of aliphatic hydroxyl groups excluding tert-OH is 1. The third kappa shape index (κ3) is 4.98. The van der Waals surface area contributed by atoms with E-state index in [-0.39, 0.29) is 16.4 Å². The minimum absolute atomic E-state index is 0.102. The molecule has 0 atom stereocenters. The topological polar surface area (TPSA) is 112 Å². The van der Waals surface area contributed by atoms with E-state index in [1.54, 1.807) is 31.7 Å². The Kier molecular flexibility index (Phi) is 7.99. The van der Waals surface area contributed by atoms with Gasteiger partial charge in [-0.3, -0.25) is 4.79 Å². The third-order valence-corrected chi connectivity index (χ3v) is 8.38. The summed E-state index contributed by atoms with van der Waals surface area (Å²) in [7, 11) is 1.65. The van der Waals surface area contributed by atoms with Gasteiger partial charge in [0.05, 0.1) is 52.9 Å². The van der Waals surface area contributed by atoms with Crippen LogP contribution in [0, 0.1) is 11.6 Å². The number of fused-ring (bicyclic) bond motifs is 4. The fourth-order valence-corrected chi connectivity index (χ4v) is 6.02. The van der Waals surface area contributed by atoms with Crippen molar-refractivity contribution in [1.82, 2.24) is 24.4 Å². The van der Waals surface area contributed by atoms with Crippen LogP contribution in [0.25, 0.3) is 44.1 Å². The maximum atomic E-state index is 15.6. The Balaban J connectivity index is 1.60. The van der Waals surface area contributed by atoms with Gasteiger partial charge in [0.25, 0.3) is 0 Å². The number of anilines is 2. The second-order valence-electron chi connectivity index (χ2n) is 10.6. The number of likely N-dealkylation sites (N-methyl/N-ethyl adjacent to an activating group) is 1. The molecule has 5 heterocycles. The zero-order chi connectivity index (χ0) is 30.2. The first kappa shape index (κ1) is 29.0. The molecule has 0 unspecified atom stereocenters. The molecule has 3 N–H and O–H groups in total. The van der Waals surface area contributed by atoms with E-state index in [2.05, 4.69) is 38.9 Å². The number of H-pyrrole nitrogens is 1. The van der Waals surface area contributed by atoms with Gasteiger partial charge in [-0.2, -0.15) is 0 Å². The number of hydrogen-bond donors (Lipinski definition) is 3. The van der Waals surface area contributed by atoms with E-state index in [1.807, 2.05) is 4.57 Å². The summed E-state index contributed by atoms with van der Waals surface area (Å²) in [6, 6.07) is 2.88. The van der Waals surface area contributed by atoms with Crippen LogP contribution in [0.4, 0.5) is 20.2 Å². The molecule has 1 aromatic carbocycles. The van der Waals surface area contributed by atoms with E-state index < -0.39 is 18.2 Å². The first-order chi connectivity index (χ1) is 20.9. The number of aliphatic hydroxyl groups is 1. The number of aromatic amines is 1. The summed E-state index contributed by atoms with van der Waals surface area (Å²) < 4.78 is 37.9. The standard InChI is InChI=1S/C31H35F2N7O3/c1-4-38(5-2)6-7-40-16-19(17-41)29(42)20-12-18(14-36-31(20)40)21-15-35-30-25(28(21)39-8-10-43-11-9-39)24-26(33)22(32)13-23(34-3)27(24)37-30/h12-16,34,41H,4-11,17H2,1-3H3,(H,35,37). The number of rotatable bonds is 9. The highest BCUT2D eigenvalue weighted by Crippen LogP contribution is 2.43. The number of pyridine rings is 3. The summed E-state index contributed by atoms with van der Waals surface area (Å²) in [6.45, 7) is 8.95. The van der Waals surface area contributed by atoms with Gasteiger partial charge >= 0.3 is 0 Å². The molecule has 10 nitrogen and oxygen atoms in total. The van der Waals surface area contributed by atoms with Crippen molar-refractivity contribution in [3.8, 4) is 11.1 Å². The largest absolute Gasteiger partial charge is 0.391 e. The number of morpholine rings is 1. The van der Waals surface area contributed by atoms with Crippen LogP contribution in [-0.4, -0.2) is 82.5 Å². The molecule has 4 aromatic heterocycles. The molecule has 43 heavy (non-hydrogen) atoms. The summed E-state index contributed by atoms with van der Waals surface area (Å²) in [6.07, 6.45) is 5.04. The minimum Gasteiger partial charge on any atom is -0.391 e. The van der Waals surface area contributed by atoms with Crippen LogP contribution in [0.15, 0.2) is 35.5 Å². The lowest BCUT2D eigenvalue weighted by molar-refractivity contribution is 0.123. The fraction of sp³-hybridized carbons (Fsp3) is 0.387. The number of benzene rings is 1. The molecule has 0 aliphatic carbocycles. The molecule has 1 saturated heterocycles. The predicted octanol–water partition coefficient (Wildman–Crippen LogP) is 4.08. The molecule has 0 amide bonds. The molecule has 1 aliphatic heterocycles. The van der Waals surface area contributed by atoms with Crippen LogP contribution >= 0.6 is 0 Å². The molecule has 1 fully saturated rings. The average Bonchev–Trinajstić information content (AvgIpc) is 3.44. The van der Waals surface area contributed by atoms with Crippen molar-refractivity contribution >= 4 is 44.3 Å². The number of ether oxygens (including phenoxy) is 1. The van der Waals surface area contributed by atoms with E-state index in [4.69, 9.17) is 9.72 Å². The summed E-state index contributed by atoms with van der Waals surface area (Å²) in [5.41, 5.74) is 3.62. The monoisotopic (exact) mass is 591 g/mol. The summed E-state index contributed by atoms with van der Waals surface area (Å²) in [5, 5.41) is 13.9. The van der Waals surface area contributed by atoms with Crippen molar-refractivity contribution in [3.63, 3.8) is 0 Å². The maximum absolute atomic E-state index is 15.6. The lowest BCUT2D eigenvalue weighted by atomic mass is 10.0. The summed E-state index contributed by atoms with van der Waals surface area (Å²) in [4.78, 5) is 30.4. The highest BCUT2D eigenvalue weighted by molar-refractivity contribution is 6.18. The molecular weight excluding hydrogens is 556 g/mol. The van der Waals surface area contributed by atoms with Gasteiger partial charge in [-0.1, -0.05) is 13.8 Å². The van der Waals surface area contributed by atoms with Crippen molar-refractivity contribution in [2.75, 3.05) is 63.2 Å². The number of halogens is 2. The number of nitrogens with zero attached hydrogens (tertiary/aromatic N) is 5. The van der Waals surface area contributed by atoms with Crippen molar-refractivity contribution in [3.05, 3.63) is 58.1 Å². The van der Waals surface area contributed by atoms with Gasteiger partial charge in [0.15, 0.2) is 17.1 Å². The Morgan fingerprint density at radius 3 is 2.58 bits per heavy atom. The molecule has 0 saturated carbocycles. The zero-order valence-corrected chi connectivity index (χ0v) is 24.5. The lowest BCUT2D eigenvalue weighted by Gasteiger charge is -2.31. The predicted molar refractivity (Wildman–Crippen MR) is 165 cm³/mol. The van der Waals surface area contributed by atoms with Gasteiger partial charge in [0.1, 0.15) is 11.3 Å². The third-order valence-electron chi connectivity index (χ3n) is 8.38. The normalized spacial score (nSPS) is 14.1. The van der Waals surface area contributed by atoms with Gasteiger partial charge in [-0.15, -0.1) is 0 Å². The SMILES string of the molecule is CCN(CC)CCn1cc(CO)c(=O)c2cc(-c3cnc4[nH]c5c(NC)cc(F)c(F)c5c4c3N3CCOCC3)cnc21. The molecule has 226 valence electrons. The number of nitrogens with one attached hydrogen (secondary N) is 2. The molecule has 5 aromatic rings. The molecule has 0 bridgehead atoms. The van der Waals surface area contributed by atoms with E-state index in [9.17, 15) is 14.3 Å². The maximum Gasteiger partial charge on any atom is 0.196 e. The fourth-order valence-electron chi connectivity index (χ4n) is 6.02. The molecule has 0 spiro atoms. The molecule has 12 heteroatoms. The molecule has 1 aliphatic rings. The smallest absolute Gasteiger partial charge is 0.196 e. The minimum atomic E-state index is -0.967. The highest BCUT2D eigenvalue weighted by Gasteiger charge is 2.26. The Morgan fingerprint density at radius 2 is 1.88 bits per heavy atom. The Hall–Kier alpha value is -4.13. The van der Waals surface area contributed by atoms with Gasteiger partial charge < -0.3 is 34.5 Å². The summed E-state index contributed by atoms with van der Waals surface area (Å²) >= 11 is 0. The van der Waals surface area contributed by atoms with Crippen LogP contribution in [0.1, 0.15) is 19.4 Å². The quantitative estimate of drug-likeness (QED) is 0.235. The Morgan fingerprint density at radius 1 is 1.12 bits per heavy atom. The van der Waals surface area contributed by atoms with E-state index in [1.165, 1.54) is 0 Å². The molecular formula is C31H35F2N7O3. The van der Waals surface area contributed by atoms with Gasteiger partial charge in [0, 0.05) is 74.6 Å². The van der Waals surface area contributed by atoms with Crippen molar-refractivity contribution < 1.29 is 18.6 Å². The number of aromatic nitrogens is 4. The van der Waals surface area contributed by atoms with Crippen LogP contribution in [0.2, 0.25) is 0 Å². The van der Waals surface area contributed by atoms with Crippen molar-refractivity contribution in [1.29, 1.82) is 0 Å². The average molecular weight is 592 g/mol. The van der Waals surface area contributed by atoms with Crippen LogP contribution in [0.5, 0.6) is 0 Å². The van der Waals surface area contributed by atoms with Crippen LogP contribution < -0.4 is 15.6 Å². The van der Waals surface area contributed by atoms with E-state index in [0.717, 1.165) is 25.7 Å². The van der Waals surface area contributed by atoms with Crippen molar-refractivity contribution in [2.24, 2.45) is 0 Å². The van der Waals surface area contributed by atoms with Crippen molar-refractivity contribution in [2.45, 2.75) is 27.0 Å². The Labute approximate surface area is 246 Å². The lowest BCUT2D eigenvalue weighted by Crippen LogP contribution is -2.36. The highest BCUT2D eigenvalue weighted by atomic mass is 19.2. The number of hydrogen-bond acceptors (Lipinski definition) is 8. The van der Waals surface area contributed by atoms with Gasteiger partial charge in [0.2, 0.25) is 0 Å². The second-order valence-corrected chi connectivity index (χ2v) is 10.6. The van der Waals surface area contributed by atoms with Gasteiger partial charge in [-0.25, -0.2) is 18.7 Å². The van der Waals surface area contributed by atoms with Crippen LogP contribution in [0.3, 0.4) is 0 Å². The molecule has 0 radical (unpaired) electrons. The molecule has 6 rings (SSSR count). The second kappa shape index (κ2) is 11.9. The van der Waals surface area contributed by atoms with E-state index in [0.29, 0.717) is 82.9 Å².